The Kier molecular flexibility index (Phi) is 6.32. The largest absolute Gasteiger partial charge is 0.462 e. The molecule has 0 amide bonds. The Morgan fingerprint density at radius 1 is 1.26 bits per heavy atom. The van der Waals surface area contributed by atoms with E-state index in [0.717, 1.165) is 12.1 Å². The topological polar surface area (TPSA) is 79.1 Å². The summed E-state index contributed by atoms with van der Waals surface area (Å²) < 4.78 is 50.5. The summed E-state index contributed by atoms with van der Waals surface area (Å²) in [4.78, 5) is 19.7. The zero-order chi connectivity index (χ0) is 20.2. The summed E-state index contributed by atoms with van der Waals surface area (Å²) in [6, 6.07) is 1.76. The van der Waals surface area contributed by atoms with Crippen molar-refractivity contribution in [1.82, 2.24) is 19.7 Å². The first-order chi connectivity index (χ1) is 12.6. The van der Waals surface area contributed by atoms with Crippen LogP contribution in [0.5, 0.6) is 0 Å². The van der Waals surface area contributed by atoms with Gasteiger partial charge in [-0.05, 0) is 31.6 Å². The van der Waals surface area contributed by atoms with Gasteiger partial charge in [0.2, 0.25) is 0 Å². The lowest BCUT2D eigenvalue weighted by Gasteiger charge is -2.12. The van der Waals surface area contributed by atoms with Crippen molar-refractivity contribution in [3.05, 3.63) is 47.3 Å². The summed E-state index contributed by atoms with van der Waals surface area (Å²) in [6.07, 6.45) is -4.64. The molecule has 10 heteroatoms. The maximum atomic E-state index is 12.9. The number of rotatable bonds is 7. The third-order valence-corrected chi connectivity index (χ3v) is 3.42. The summed E-state index contributed by atoms with van der Waals surface area (Å²) in [5, 5.41) is 4.13. The van der Waals surface area contributed by atoms with Crippen LogP contribution in [-0.4, -0.2) is 32.3 Å². The molecule has 0 aliphatic carbocycles. The number of carbonyl (C=O) groups excluding carboxylic acids is 1. The Balaban J connectivity index is 2.18. The average Bonchev–Trinajstić information content (AvgIpc) is 2.95. The maximum absolute atomic E-state index is 12.9. The molecule has 0 radical (unpaired) electrons. The van der Waals surface area contributed by atoms with E-state index in [1.54, 1.807) is 20.9 Å². The monoisotopic (exact) mass is 384 g/mol. The van der Waals surface area contributed by atoms with Crippen LogP contribution in [0.1, 0.15) is 47.2 Å². The minimum absolute atomic E-state index is 0.0681. The summed E-state index contributed by atoms with van der Waals surface area (Å²) in [6.45, 7) is 6.82. The van der Waals surface area contributed by atoms with Gasteiger partial charge in [0, 0.05) is 7.05 Å². The zero-order valence-corrected chi connectivity index (χ0v) is 15.1. The Hall–Kier alpha value is -2.75. The number of aryl methyl sites for hydroxylation is 1. The van der Waals surface area contributed by atoms with Gasteiger partial charge in [0.05, 0.1) is 24.5 Å². The van der Waals surface area contributed by atoms with Crippen molar-refractivity contribution in [3.8, 4) is 0 Å². The Labute approximate surface area is 153 Å². The third-order valence-electron chi connectivity index (χ3n) is 3.42. The molecule has 2 rings (SSSR count). The van der Waals surface area contributed by atoms with Crippen LogP contribution in [0.3, 0.4) is 0 Å². The van der Waals surface area contributed by atoms with Gasteiger partial charge in [-0.15, -0.1) is 0 Å². The minimum Gasteiger partial charge on any atom is -0.462 e. The molecule has 0 saturated carbocycles. The van der Waals surface area contributed by atoms with E-state index >= 15 is 0 Å². The quantitative estimate of drug-likeness (QED) is 0.683. The van der Waals surface area contributed by atoms with Gasteiger partial charge in [-0.1, -0.05) is 6.58 Å². The Morgan fingerprint density at radius 3 is 2.52 bits per heavy atom. The second kappa shape index (κ2) is 8.30. The molecule has 0 atom stereocenters. The van der Waals surface area contributed by atoms with Crippen molar-refractivity contribution in [1.29, 1.82) is 0 Å². The molecular weight excluding hydrogens is 365 g/mol. The normalized spacial score (nSPS) is 11.5. The second-order valence-electron chi connectivity index (χ2n) is 5.66. The predicted molar refractivity (Wildman–Crippen MR) is 89.4 cm³/mol. The number of esters is 1. The van der Waals surface area contributed by atoms with Crippen LogP contribution in [0.15, 0.2) is 18.7 Å². The fraction of sp³-hybridized carbons (Fsp3) is 0.412. The third kappa shape index (κ3) is 5.13. The lowest BCUT2D eigenvalue weighted by atomic mass is 10.1. The van der Waals surface area contributed by atoms with Crippen molar-refractivity contribution in [2.75, 3.05) is 6.61 Å². The van der Waals surface area contributed by atoms with Crippen LogP contribution in [0.4, 0.5) is 13.2 Å². The number of ether oxygens (including phenoxy) is 2. The first-order valence-corrected chi connectivity index (χ1v) is 8.01. The van der Waals surface area contributed by atoms with E-state index in [0.29, 0.717) is 17.2 Å². The molecule has 146 valence electrons. The predicted octanol–water partition coefficient (Wildman–Crippen LogP) is 3.16. The highest BCUT2D eigenvalue weighted by molar-refractivity contribution is 5.90. The van der Waals surface area contributed by atoms with E-state index in [-0.39, 0.29) is 31.1 Å². The number of carbonyl (C=O) groups is 1. The highest BCUT2D eigenvalue weighted by atomic mass is 19.4. The highest BCUT2D eigenvalue weighted by Gasteiger charge is 2.33. The number of nitrogens with zero attached hydrogens (tertiary/aromatic N) is 4. The second-order valence-corrected chi connectivity index (χ2v) is 5.66. The number of halogens is 3. The van der Waals surface area contributed by atoms with Gasteiger partial charge in [-0.25, -0.2) is 19.4 Å². The minimum atomic E-state index is -4.64. The molecule has 0 spiro atoms. The van der Waals surface area contributed by atoms with E-state index in [1.165, 1.54) is 4.68 Å². The van der Waals surface area contributed by atoms with E-state index < -0.39 is 17.8 Å². The molecule has 0 unspecified atom stereocenters. The van der Waals surface area contributed by atoms with Crippen molar-refractivity contribution in [3.63, 3.8) is 0 Å². The molecule has 0 bridgehead atoms. The standard InChI is InChI=1S/C17H19F3N4O3/c1-5-27-16(25)11-6-7-13(17(18,19)20)21-12(11)8-26-9-14-22-15(10(2)3)24(4)23-14/h6-7H,2,5,8-9H2,1,3-4H3. The van der Waals surface area contributed by atoms with Gasteiger partial charge in [0.1, 0.15) is 12.3 Å². The van der Waals surface area contributed by atoms with E-state index in [9.17, 15) is 18.0 Å². The number of pyridine rings is 1. The van der Waals surface area contributed by atoms with E-state index in [2.05, 4.69) is 21.6 Å². The van der Waals surface area contributed by atoms with Crippen LogP contribution in [-0.2, 0) is 35.9 Å². The molecular formula is C17H19F3N4O3. The van der Waals surface area contributed by atoms with Crippen molar-refractivity contribution in [2.45, 2.75) is 33.2 Å². The summed E-state index contributed by atoms with van der Waals surface area (Å²) in [5.41, 5.74) is -0.657. The number of hydrogen-bond acceptors (Lipinski definition) is 6. The molecule has 0 aromatic carbocycles. The van der Waals surface area contributed by atoms with Gasteiger partial charge in [-0.2, -0.15) is 18.3 Å². The molecule has 0 saturated heterocycles. The van der Waals surface area contributed by atoms with Crippen LogP contribution in [0.2, 0.25) is 0 Å². The molecule has 0 aliphatic rings. The molecule has 27 heavy (non-hydrogen) atoms. The van der Waals surface area contributed by atoms with Crippen LogP contribution >= 0.6 is 0 Å². The van der Waals surface area contributed by atoms with Crippen LogP contribution in [0.25, 0.3) is 5.57 Å². The lowest BCUT2D eigenvalue weighted by Crippen LogP contribution is -2.15. The molecule has 2 heterocycles. The van der Waals surface area contributed by atoms with Gasteiger partial charge in [0.25, 0.3) is 0 Å². The molecule has 0 fully saturated rings. The summed E-state index contributed by atoms with van der Waals surface area (Å²) >= 11 is 0. The number of hydrogen-bond donors (Lipinski definition) is 0. The van der Waals surface area contributed by atoms with Gasteiger partial charge in [0.15, 0.2) is 11.6 Å². The zero-order valence-electron chi connectivity index (χ0n) is 15.1. The first-order valence-electron chi connectivity index (χ1n) is 8.01. The Morgan fingerprint density at radius 2 is 1.96 bits per heavy atom. The molecule has 7 nitrogen and oxygen atoms in total. The first kappa shape index (κ1) is 20.6. The number of aromatic nitrogens is 4. The van der Waals surface area contributed by atoms with Crippen LogP contribution < -0.4 is 0 Å². The SMILES string of the molecule is C=C(C)c1nc(COCc2nc(C(F)(F)F)ccc2C(=O)OCC)nn1C. The fourth-order valence-electron chi connectivity index (χ4n) is 2.27. The molecule has 0 N–H and O–H groups in total. The smallest absolute Gasteiger partial charge is 0.433 e. The van der Waals surface area contributed by atoms with Gasteiger partial charge >= 0.3 is 12.1 Å². The van der Waals surface area contributed by atoms with Crippen molar-refractivity contribution >= 4 is 11.5 Å². The number of allylic oxidation sites excluding steroid dienone is 1. The summed E-state index contributed by atoms with van der Waals surface area (Å²) in [5.74, 6) is 0.135. The van der Waals surface area contributed by atoms with Gasteiger partial charge in [-0.3, -0.25) is 0 Å². The Bertz CT molecular complexity index is 846. The van der Waals surface area contributed by atoms with E-state index in [4.69, 9.17) is 9.47 Å². The molecule has 2 aromatic rings. The fourth-order valence-corrected chi connectivity index (χ4v) is 2.27. The maximum Gasteiger partial charge on any atom is 0.433 e. The number of alkyl halides is 3. The molecule has 0 aliphatic heterocycles. The lowest BCUT2D eigenvalue weighted by molar-refractivity contribution is -0.141. The molecule has 2 aromatic heterocycles. The van der Waals surface area contributed by atoms with Crippen molar-refractivity contribution < 1.29 is 27.4 Å². The average molecular weight is 384 g/mol. The summed E-state index contributed by atoms with van der Waals surface area (Å²) in [7, 11) is 1.69. The van der Waals surface area contributed by atoms with Crippen molar-refractivity contribution in [2.24, 2.45) is 7.05 Å². The van der Waals surface area contributed by atoms with Gasteiger partial charge < -0.3 is 9.47 Å². The highest BCUT2D eigenvalue weighted by Crippen LogP contribution is 2.28. The van der Waals surface area contributed by atoms with Crippen LogP contribution in [0, 0.1) is 0 Å². The van der Waals surface area contributed by atoms with E-state index in [1.807, 2.05) is 0 Å².